The van der Waals surface area contributed by atoms with E-state index in [1.165, 1.54) is 51.4 Å². The number of carbonyl (C=O) groups is 1. The van der Waals surface area contributed by atoms with Crippen molar-refractivity contribution in [3.8, 4) is 0 Å². The second-order valence-electron chi connectivity index (χ2n) is 5.09. The van der Waals surface area contributed by atoms with Gasteiger partial charge in [-0.25, -0.2) is 12.0 Å². The zero-order valence-electron chi connectivity index (χ0n) is 13.1. The molecule has 3 aliphatic carbocycles. The Kier molecular flexibility index (Phi) is 11.2. The molecule has 0 atom stereocenters. The fraction of sp³-hybridized carbons (Fsp3) is 0.529. The number of carboxylic acids is 1. The van der Waals surface area contributed by atoms with Crippen molar-refractivity contribution in [2.45, 2.75) is 58.3 Å². The maximum Gasteiger partial charge on any atom is 3.00 e. The number of hydrogen-bond acceptors (Lipinski definition) is 1. The second kappa shape index (κ2) is 10.3. The largest absolute Gasteiger partial charge is 3.00 e. The van der Waals surface area contributed by atoms with Crippen LogP contribution in [0.1, 0.15) is 58.3 Å². The summed E-state index contributed by atoms with van der Waals surface area (Å²) in [5, 5.41) is 7.42. The van der Waals surface area contributed by atoms with Crippen molar-refractivity contribution in [1.29, 1.82) is 0 Å². The van der Waals surface area contributed by atoms with Gasteiger partial charge in [0.2, 0.25) is 0 Å². The van der Waals surface area contributed by atoms with Gasteiger partial charge in [-0.1, -0.05) is 24.8 Å². The summed E-state index contributed by atoms with van der Waals surface area (Å²) in [6.45, 7) is 1.08. The summed E-state index contributed by atoms with van der Waals surface area (Å²) in [4.78, 5) is 9.00. The van der Waals surface area contributed by atoms with E-state index in [1.807, 2.05) is 0 Å². The van der Waals surface area contributed by atoms with Gasteiger partial charge in [-0.05, 0) is 25.7 Å². The molecule has 1 N–H and O–H groups in total. The molecular weight excluding hydrogens is 284 g/mol. The molecule has 0 spiro atoms. The second-order valence-corrected chi connectivity index (χ2v) is 5.09. The first-order chi connectivity index (χ1) is 8.18. The van der Waals surface area contributed by atoms with Crippen molar-refractivity contribution in [3.05, 3.63) is 43.6 Å². The molecule has 0 aromatic rings. The van der Waals surface area contributed by atoms with Crippen molar-refractivity contribution >= 4 is 5.97 Å². The summed E-state index contributed by atoms with van der Waals surface area (Å²) in [6.07, 6.45) is 13.6. The van der Waals surface area contributed by atoms with Crippen molar-refractivity contribution in [1.82, 2.24) is 0 Å². The van der Waals surface area contributed by atoms with Crippen LogP contribution in [0.3, 0.4) is 0 Å². The Morgan fingerprint density at radius 1 is 1.05 bits per heavy atom. The number of allylic oxidation sites excluding steroid dienone is 4. The van der Waals surface area contributed by atoms with Crippen LogP contribution in [0.15, 0.2) is 22.3 Å². The molecule has 0 saturated heterocycles. The molecule has 0 heterocycles. The molecular formula is C17H27O2Ti. The topological polar surface area (TPSA) is 37.3 Å². The monoisotopic (exact) mass is 311 g/mol. The average Bonchev–Trinajstić information content (AvgIpc) is 2.66. The van der Waals surface area contributed by atoms with Gasteiger partial charge in [-0.3, -0.25) is 4.79 Å². The van der Waals surface area contributed by atoms with Crippen LogP contribution in [-0.2, 0) is 26.5 Å². The first kappa shape index (κ1) is 21.8. The minimum atomic E-state index is -0.833. The summed E-state index contributed by atoms with van der Waals surface area (Å²) >= 11 is 0. The van der Waals surface area contributed by atoms with Crippen molar-refractivity contribution in [2.24, 2.45) is 0 Å². The van der Waals surface area contributed by atoms with E-state index in [-0.39, 0.29) is 36.6 Å². The van der Waals surface area contributed by atoms with Crippen LogP contribution in [0, 0.1) is 21.3 Å². The van der Waals surface area contributed by atoms with E-state index in [4.69, 9.17) is 9.90 Å². The standard InChI is InChI=1S/C13H17.C2H4O2.2CH3.Ti/c1-3-7-12-10(5-1)9-11-6-2-4-8-13(11)12;1-2(3)4;;;/h5H,1-4,6-9H2;1H3,(H,3,4);2*1H3;/q-1;;2*-1;+3. The molecule has 3 aliphatic rings. The molecule has 2 nitrogen and oxygen atoms in total. The molecule has 0 amide bonds. The Morgan fingerprint density at radius 2 is 1.60 bits per heavy atom. The molecule has 3 rings (SSSR count). The number of aliphatic carboxylic acids is 1. The summed E-state index contributed by atoms with van der Waals surface area (Å²) in [5.41, 5.74) is 7.06. The van der Waals surface area contributed by atoms with Gasteiger partial charge < -0.3 is 20.0 Å². The van der Waals surface area contributed by atoms with Crippen LogP contribution < -0.4 is 0 Å². The third kappa shape index (κ3) is 5.50. The summed E-state index contributed by atoms with van der Waals surface area (Å²) < 4.78 is 0. The third-order valence-corrected chi connectivity index (χ3v) is 3.76. The SMILES string of the molecule is CC(=O)O.[CH-]1CCCC2=C1CC1=C2CCCC1.[CH3-].[CH3-].[Ti+3]. The summed E-state index contributed by atoms with van der Waals surface area (Å²) in [7, 11) is 0. The fourth-order valence-electron chi connectivity index (χ4n) is 3.12. The van der Waals surface area contributed by atoms with Crippen molar-refractivity contribution < 1.29 is 31.6 Å². The quantitative estimate of drug-likeness (QED) is 0.508. The van der Waals surface area contributed by atoms with Crippen LogP contribution in [0.2, 0.25) is 0 Å². The predicted octanol–water partition coefficient (Wildman–Crippen LogP) is 4.93. The molecule has 3 heteroatoms. The van der Waals surface area contributed by atoms with Gasteiger partial charge >= 0.3 is 21.7 Å². The van der Waals surface area contributed by atoms with Crippen molar-refractivity contribution in [2.75, 3.05) is 0 Å². The number of fused-ring (bicyclic) bond motifs is 1. The maximum atomic E-state index is 9.00. The zero-order chi connectivity index (χ0) is 12.3. The van der Waals surface area contributed by atoms with E-state index in [2.05, 4.69) is 6.42 Å². The minimum Gasteiger partial charge on any atom is -0.481 e. The molecule has 0 aromatic heterocycles. The Morgan fingerprint density at radius 3 is 2.25 bits per heavy atom. The van der Waals surface area contributed by atoms with E-state index in [9.17, 15) is 0 Å². The van der Waals surface area contributed by atoms with Gasteiger partial charge in [0.05, 0.1) is 0 Å². The van der Waals surface area contributed by atoms with Gasteiger partial charge in [-0.2, -0.15) is 5.57 Å². The normalized spacial score (nSPS) is 18.9. The molecule has 20 heavy (non-hydrogen) atoms. The molecule has 0 aliphatic heterocycles. The first-order valence-electron chi connectivity index (χ1n) is 6.64. The number of hydrogen-bond donors (Lipinski definition) is 1. The molecule has 0 aromatic carbocycles. The van der Waals surface area contributed by atoms with Gasteiger partial charge in [-0.15, -0.1) is 12.0 Å². The number of rotatable bonds is 0. The third-order valence-electron chi connectivity index (χ3n) is 3.76. The average molecular weight is 311 g/mol. The van der Waals surface area contributed by atoms with Crippen LogP contribution in [0.4, 0.5) is 0 Å². The molecule has 0 unspecified atom stereocenters. The first-order valence-corrected chi connectivity index (χ1v) is 6.64. The van der Waals surface area contributed by atoms with E-state index < -0.39 is 5.97 Å². The van der Waals surface area contributed by atoms with Crippen LogP contribution in [0.5, 0.6) is 0 Å². The Bertz CT molecular complexity index is 346. The minimum absolute atomic E-state index is 0. The molecule has 111 valence electrons. The van der Waals surface area contributed by atoms with E-state index in [1.54, 1.807) is 22.3 Å². The fourth-order valence-corrected chi connectivity index (χ4v) is 3.12. The molecule has 0 bridgehead atoms. The maximum absolute atomic E-state index is 9.00. The Balaban J connectivity index is 0. The van der Waals surface area contributed by atoms with Crippen LogP contribution >= 0.6 is 0 Å². The van der Waals surface area contributed by atoms with E-state index in [0.29, 0.717) is 0 Å². The summed E-state index contributed by atoms with van der Waals surface area (Å²) in [6, 6.07) is 0. The molecule has 0 fully saturated rings. The van der Waals surface area contributed by atoms with Crippen LogP contribution in [0.25, 0.3) is 0 Å². The smallest absolute Gasteiger partial charge is 0.481 e. The van der Waals surface area contributed by atoms with E-state index >= 15 is 0 Å². The van der Waals surface area contributed by atoms with Gasteiger partial charge in [0, 0.05) is 6.92 Å². The van der Waals surface area contributed by atoms with Gasteiger partial charge in [0.25, 0.3) is 5.97 Å². The Hall–Kier alpha value is -0.466. The van der Waals surface area contributed by atoms with Gasteiger partial charge in [0.15, 0.2) is 0 Å². The zero-order valence-corrected chi connectivity index (χ0v) is 14.7. The summed E-state index contributed by atoms with van der Waals surface area (Å²) in [5.74, 6) is -0.833. The van der Waals surface area contributed by atoms with Crippen LogP contribution in [-0.4, -0.2) is 11.1 Å². The molecule has 0 saturated carbocycles. The number of carboxylic acid groups (broad SMARTS) is 1. The predicted molar refractivity (Wildman–Crippen MR) is 81.4 cm³/mol. The van der Waals surface area contributed by atoms with Gasteiger partial charge in [0.1, 0.15) is 0 Å². The Labute approximate surface area is 139 Å². The van der Waals surface area contributed by atoms with Crippen molar-refractivity contribution in [3.63, 3.8) is 0 Å². The molecule has 1 radical (unpaired) electrons. The van der Waals surface area contributed by atoms with E-state index in [0.717, 1.165) is 6.92 Å².